The first kappa shape index (κ1) is 12.9. The van der Waals surface area contributed by atoms with Crippen molar-refractivity contribution in [1.29, 1.82) is 0 Å². The van der Waals surface area contributed by atoms with Gasteiger partial charge >= 0.3 is 0 Å². The summed E-state index contributed by atoms with van der Waals surface area (Å²) in [6.07, 6.45) is 0.578. The number of hydrogen-bond acceptors (Lipinski definition) is 2. The minimum atomic E-state index is 0.245. The Bertz CT molecular complexity index is 660. The van der Waals surface area contributed by atoms with Crippen molar-refractivity contribution in [2.75, 3.05) is 11.9 Å². The topological polar surface area (TPSA) is 29.1 Å². The van der Waals surface area contributed by atoms with Gasteiger partial charge in [-0.15, -0.1) is 0 Å². The van der Waals surface area contributed by atoms with Crippen LogP contribution in [0.4, 0.5) is 5.69 Å². The SMILES string of the molecule is Cc1ccc(C)c(C(=O)CC2CNc3ccccc32)c1. The molecule has 2 aromatic rings. The Morgan fingerprint density at radius 3 is 2.85 bits per heavy atom. The number of Topliss-reactive ketones (excluding diaryl/α,β-unsaturated/α-hetero) is 1. The Labute approximate surface area is 119 Å². The maximum Gasteiger partial charge on any atom is 0.163 e. The van der Waals surface area contributed by atoms with E-state index in [1.54, 1.807) is 0 Å². The molecule has 0 saturated heterocycles. The lowest BCUT2D eigenvalue weighted by atomic mass is 9.91. The Morgan fingerprint density at radius 2 is 2.00 bits per heavy atom. The van der Waals surface area contributed by atoms with Crippen molar-refractivity contribution in [2.24, 2.45) is 0 Å². The summed E-state index contributed by atoms with van der Waals surface area (Å²) >= 11 is 0. The number of fused-ring (bicyclic) bond motifs is 1. The van der Waals surface area contributed by atoms with Crippen LogP contribution in [0.5, 0.6) is 0 Å². The number of para-hydroxylation sites is 1. The zero-order chi connectivity index (χ0) is 14.1. The Hall–Kier alpha value is -2.09. The number of aryl methyl sites for hydroxylation is 2. The summed E-state index contributed by atoms with van der Waals surface area (Å²) in [6.45, 7) is 4.89. The van der Waals surface area contributed by atoms with Gasteiger partial charge in [-0.3, -0.25) is 4.79 Å². The predicted octanol–water partition coefficient (Wildman–Crippen LogP) is 4.09. The molecule has 0 radical (unpaired) electrons. The zero-order valence-corrected chi connectivity index (χ0v) is 11.9. The van der Waals surface area contributed by atoms with E-state index in [-0.39, 0.29) is 5.78 Å². The molecule has 1 N–H and O–H groups in total. The molecular formula is C18H19NO. The number of ketones is 1. The maximum atomic E-state index is 12.6. The molecule has 1 atom stereocenters. The lowest BCUT2D eigenvalue weighted by molar-refractivity contribution is 0.0975. The molecule has 2 heteroatoms. The smallest absolute Gasteiger partial charge is 0.163 e. The average Bonchev–Trinajstić information content (AvgIpc) is 2.85. The largest absolute Gasteiger partial charge is 0.384 e. The first-order valence-electron chi connectivity index (χ1n) is 7.08. The lowest BCUT2D eigenvalue weighted by Gasteiger charge is -2.11. The summed E-state index contributed by atoms with van der Waals surface area (Å²) in [5, 5.41) is 3.38. The number of carbonyl (C=O) groups is 1. The molecule has 0 saturated carbocycles. The number of anilines is 1. The molecule has 1 aliphatic rings. The van der Waals surface area contributed by atoms with E-state index in [9.17, 15) is 4.79 Å². The van der Waals surface area contributed by atoms with Gasteiger partial charge in [-0.25, -0.2) is 0 Å². The van der Waals surface area contributed by atoms with Gasteiger partial charge in [-0.1, -0.05) is 35.9 Å². The van der Waals surface area contributed by atoms with Gasteiger partial charge in [-0.2, -0.15) is 0 Å². The highest BCUT2D eigenvalue weighted by atomic mass is 16.1. The third-order valence-corrected chi connectivity index (χ3v) is 4.06. The number of benzene rings is 2. The Balaban J connectivity index is 1.82. The molecule has 102 valence electrons. The fraction of sp³-hybridized carbons (Fsp3) is 0.278. The van der Waals surface area contributed by atoms with Crippen LogP contribution in [-0.4, -0.2) is 12.3 Å². The molecule has 0 aromatic heterocycles. The van der Waals surface area contributed by atoms with Crippen LogP contribution in [-0.2, 0) is 0 Å². The summed E-state index contributed by atoms with van der Waals surface area (Å²) in [7, 11) is 0. The molecule has 2 nitrogen and oxygen atoms in total. The zero-order valence-electron chi connectivity index (χ0n) is 11.9. The number of nitrogens with one attached hydrogen (secondary N) is 1. The summed E-state index contributed by atoms with van der Waals surface area (Å²) < 4.78 is 0. The second kappa shape index (κ2) is 5.12. The van der Waals surface area contributed by atoms with Crippen molar-refractivity contribution < 1.29 is 4.79 Å². The summed E-state index contributed by atoms with van der Waals surface area (Å²) in [6, 6.07) is 14.4. The predicted molar refractivity (Wildman–Crippen MR) is 82.5 cm³/mol. The van der Waals surface area contributed by atoms with Crippen LogP contribution < -0.4 is 5.32 Å². The number of hydrogen-bond donors (Lipinski definition) is 1. The molecule has 1 unspecified atom stereocenters. The molecule has 20 heavy (non-hydrogen) atoms. The molecule has 0 fully saturated rings. The molecule has 1 aliphatic heterocycles. The third kappa shape index (κ3) is 2.34. The van der Waals surface area contributed by atoms with E-state index >= 15 is 0 Å². The van der Waals surface area contributed by atoms with E-state index in [0.717, 1.165) is 23.2 Å². The van der Waals surface area contributed by atoms with Crippen molar-refractivity contribution in [2.45, 2.75) is 26.2 Å². The van der Waals surface area contributed by atoms with Crippen molar-refractivity contribution >= 4 is 11.5 Å². The molecule has 0 spiro atoms. The van der Waals surface area contributed by atoms with Crippen LogP contribution in [0, 0.1) is 13.8 Å². The summed E-state index contributed by atoms with van der Waals surface area (Å²) in [4.78, 5) is 12.6. The number of rotatable bonds is 3. The molecule has 0 bridgehead atoms. The molecular weight excluding hydrogens is 246 g/mol. The quantitative estimate of drug-likeness (QED) is 0.847. The Kier molecular flexibility index (Phi) is 3.31. The monoisotopic (exact) mass is 265 g/mol. The lowest BCUT2D eigenvalue weighted by Crippen LogP contribution is -2.10. The van der Waals surface area contributed by atoms with E-state index < -0.39 is 0 Å². The summed E-state index contributed by atoms with van der Waals surface area (Å²) in [5.74, 6) is 0.535. The van der Waals surface area contributed by atoms with Crippen LogP contribution >= 0.6 is 0 Å². The standard InChI is InChI=1S/C18H19NO/c1-12-7-8-13(2)16(9-12)18(20)10-14-11-19-17-6-4-3-5-15(14)17/h3-9,14,19H,10-11H2,1-2H3. The highest BCUT2D eigenvalue weighted by molar-refractivity contribution is 5.98. The van der Waals surface area contributed by atoms with Crippen LogP contribution in [0.1, 0.15) is 39.4 Å². The average molecular weight is 265 g/mol. The fourth-order valence-corrected chi connectivity index (χ4v) is 2.91. The molecule has 0 amide bonds. The molecule has 0 aliphatic carbocycles. The van der Waals surface area contributed by atoms with E-state index in [1.165, 1.54) is 11.3 Å². The van der Waals surface area contributed by atoms with Gasteiger partial charge in [0.2, 0.25) is 0 Å². The third-order valence-electron chi connectivity index (χ3n) is 4.06. The maximum absolute atomic E-state index is 12.6. The van der Waals surface area contributed by atoms with Gasteiger partial charge in [0.1, 0.15) is 0 Å². The van der Waals surface area contributed by atoms with Crippen LogP contribution in [0.2, 0.25) is 0 Å². The van der Waals surface area contributed by atoms with Crippen molar-refractivity contribution in [3.63, 3.8) is 0 Å². The second-order valence-electron chi connectivity index (χ2n) is 5.61. The van der Waals surface area contributed by atoms with Crippen LogP contribution in [0.25, 0.3) is 0 Å². The van der Waals surface area contributed by atoms with Gasteiger partial charge in [0.15, 0.2) is 5.78 Å². The molecule has 1 heterocycles. The second-order valence-corrected chi connectivity index (χ2v) is 5.61. The van der Waals surface area contributed by atoms with E-state index in [1.807, 2.05) is 38.1 Å². The van der Waals surface area contributed by atoms with E-state index in [4.69, 9.17) is 0 Å². The molecule has 3 rings (SSSR count). The first-order chi connectivity index (χ1) is 9.65. The molecule has 2 aromatic carbocycles. The van der Waals surface area contributed by atoms with Crippen LogP contribution in [0.3, 0.4) is 0 Å². The van der Waals surface area contributed by atoms with Gasteiger partial charge in [0.05, 0.1) is 0 Å². The van der Waals surface area contributed by atoms with Gasteiger partial charge in [0, 0.05) is 30.1 Å². The van der Waals surface area contributed by atoms with Crippen LogP contribution in [0.15, 0.2) is 42.5 Å². The van der Waals surface area contributed by atoms with Gasteiger partial charge in [-0.05, 0) is 37.1 Å². The van der Waals surface area contributed by atoms with Gasteiger partial charge < -0.3 is 5.32 Å². The first-order valence-corrected chi connectivity index (χ1v) is 7.08. The highest BCUT2D eigenvalue weighted by Gasteiger charge is 2.24. The van der Waals surface area contributed by atoms with E-state index in [2.05, 4.69) is 23.5 Å². The Morgan fingerprint density at radius 1 is 1.20 bits per heavy atom. The number of carbonyl (C=O) groups excluding carboxylic acids is 1. The van der Waals surface area contributed by atoms with E-state index in [0.29, 0.717) is 12.3 Å². The van der Waals surface area contributed by atoms with Crippen molar-refractivity contribution in [3.05, 3.63) is 64.7 Å². The minimum Gasteiger partial charge on any atom is -0.384 e. The fourth-order valence-electron chi connectivity index (χ4n) is 2.91. The normalized spacial score (nSPS) is 16.6. The van der Waals surface area contributed by atoms with Crippen molar-refractivity contribution in [3.8, 4) is 0 Å². The van der Waals surface area contributed by atoms with Gasteiger partial charge in [0.25, 0.3) is 0 Å². The minimum absolute atomic E-state index is 0.245. The van der Waals surface area contributed by atoms with Crippen molar-refractivity contribution in [1.82, 2.24) is 0 Å². The summed E-state index contributed by atoms with van der Waals surface area (Å²) in [5.41, 5.74) is 5.52. The highest BCUT2D eigenvalue weighted by Crippen LogP contribution is 2.34.